The molecule has 0 unspecified atom stereocenters. The maximum absolute atomic E-state index is 5.99. The van der Waals surface area contributed by atoms with Crippen molar-refractivity contribution in [2.24, 2.45) is 10.7 Å². The SMILES string of the molecule is C/C=N\C(=C/C)Oc1ccc(CC(C)(C)N)cc1. The molecule has 3 heteroatoms. The molecule has 0 amide bonds. The van der Waals surface area contributed by atoms with Gasteiger partial charge in [-0.15, -0.1) is 0 Å². The minimum atomic E-state index is -0.191. The molecule has 0 aliphatic rings. The van der Waals surface area contributed by atoms with Gasteiger partial charge in [0.15, 0.2) is 0 Å². The maximum Gasteiger partial charge on any atom is 0.214 e. The summed E-state index contributed by atoms with van der Waals surface area (Å²) in [6.07, 6.45) is 4.38. The molecule has 98 valence electrons. The van der Waals surface area contributed by atoms with Gasteiger partial charge in [0.1, 0.15) is 5.75 Å². The van der Waals surface area contributed by atoms with E-state index in [4.69, 9.17) is 10.5 Å². The summed E-state index contributed by atoms with van der Waals surface area (Å²) in [4.78, 5) is 4.11. The minimum Gasteiger partial charge on any atom is -0.439 e. The quantitative estimate of drug-likeness (QED) is 0.640. The fourth-order valence-corrected chi connectivity index (χ4v) is 1.61. The van der Waals surface area contributed by atoms with Crippen molar-refractivity contribution in [2.45, 2.75) is 39.7 Å². The highest BCUT2D eigenvalue weighted by Crippen LogP contribution is 2.18. The Morgan fingerprint density at radius 2 is 1.89 bits per heavy atom. The van der Waals surface area contributed by atoms with E-state index in [0.717, 1.165) is 12.2 Å². The Balaban J connectivity index is 2.71. The van der Waals surface area contributed by atoms with Gasteiger partial charge in [-0.3, -0.25) is 0 Å². The van der Waals surface area contributed by atoms with Crippen molar-refractivity contribution in [3.8, 4) is 5.75 Å². The van der Waals surface area contributed by atoms with Crippen molar-refractivity contribution in [1.29, 1.82) is 0 Å². The third kappa shape index (κ3) is 5.15. The minimum absolute atomic E-state index is 0.191. The van der Waals surface area contributed by atoms with E-state index in [9.17, 15) is 0 Å². The molecular formula is C15H22N2O. The number of benzene rings is 1. The molecule has 0 atom stereocenters. The molecule has 3 nitrogen and oxygen atoms in total. The Kier molecular flexibility index (Phi) is 5.10. The van der Waals surface area contributed by atoms with Gasteiger partial charge >= 0.3 is 0 Å². The molecule has 1 aromatic carbocycles. The van der Waals surface area contributed by atoms with Crippen LogP contribution >= 0.6 is 0 Å². The van der Waals surface area contributed by atoms with Crippen molar-refractivity contribution in [3.63, 3.8) is 0 Å². The van der Waals surface area contributed by atoms with Gasteiger partial charge < -0.3 is 10.5 Å². The van der Waals surface area contributed by atoms with Gasteiger partial charge in [0.05, 0.1) is 0 Å². The molecular weight excluding hydrogens is 224 g/mol. The van der Waals surface area contributed by atoms with Crippen LogP contribution in [0.2, 0.25) is 0 Å². The third-order valence-corrected chi connectivity index (χ3v) is 2.31. The fourth-order valence-electron chi connectivity index (χ4n) is 1.61. The first kappa shape index (κ1) is 14.5. The van der Waals surface area contributed by atoms with E-state index in [1.807, 2.05) is 58.0 Å². The summed E-state index contributed by atoms with van der Waals surface area (Å²) >= 11 is 0. The highest BCUT2D eigenvalue weighted by atomic mass is 16.5. The lowest BCUT2D eigenvalue weighted by Crippen LogP contribution is -2.34. The normalized spacial score (nSPS) is 13.1. The molecule has 2 N–H and O–H groups in total. The molecule has 1 rings (SSSR count). The summed E-state index contributed by atoms with van der Waals surface area (Å²) < 4.78 is 5.62. The molecule has 0 aliphatic carbocycles. The topological polar surface area (TPSA) is 47.6 Å². The molecule has 0 fully saturated rings. The van der Waals surface area contributed by atoms with Crippen molar-refractivity contribution in [2.75, 3.05) is 0 Å². The first-order chi connectivity index (χ1) is 8.44. The highest BCUT2D eigenvalue weighted by molar-refractivity contribution is 5.54. The van der Waals surface area contributed by atoms with E-state index >= 15 is 0 Å². The maximum atomic E-state index is 5.99. The Morgan fingerprint density at radius 1 is 1.28 bits per heavy atom. The predicted octanol–water partition coefficient (Wildman–Crippen LogP) is 3.30. The smallest absolute Gasteiger partial charge is 0.214 e. The first-order valence-corrected chi connectivity index (χ1v) is 6.15. The van der Waals surface area contributed by atoms with Crippen LogP contribution in [0.25, 0.3) is 0 Å². The molecule has 1 aromatic rings. The molecule has 0 spiro atoms. The van der Waals surface area contributed by atoms with Crippen LogP contribution in [-0.2, 0) is 6.42 Å². The van der Waals surface area contributed by atoms with Crippen LogP contribution in [0.3, 0.4) is 0 Å². The summed E-state index contributed by atoms with van der Waals surface area (Å²) in [5.74, 6) is 1.39. The number of nitrogens with zero attached hydrogens (tertiary/aromatic N) is 1. The van der Waals surface area contributed by atoms with Crippen LogP contribution < -0.4 is 10.5 Å². The Bertz CT molecular complexity index is 425. The first-order valence-electron chi connectivity index (χ1n) is 6.15. The fraction of sp³-hybridized carbons (Fsp3) is 0.400. The number of aliphatic imine (C=N–C) groups is 1. The molecule has 0 aromatic heterocycles. The van der Waals surface area contributed by atoms with E-state index in [1.165, 1.54) is 5.56 Å². The van der Waals surface area contributed by atoms with Crippen molar-refractivity contribution in [1.82, 2.24) is 0 Å². The third-order valence-electron chi connectivity index (χ3n) is 2.31. The van der Waals surface area contributed by atoms with E-state index in [2.05, 4.69) is 4.99 Å². The van der Waals surface area contributed by atoms with Crippen molar-refractivity contribution in [3.05, 3.63) is 41.8 Å². The molecule has 0 heterocycles. The second kappa shape index (κ2) is 6.36. The van der Waals surface area contributed by atoms with Crippen LogP contribution in [0, 0.1) is 0 Å². The number of hydrogen-bond donors (Lipinski definition) is 1. The Morgan fingerprint density at radius 3 is 2.33 bits per heavy atom. The largest absolute Gasteiger partial charge is 0.439 e. The van der Waals surface area contributed by atoms with E-state index in [1.54, 1.807) is 6.21 Å². The number of allylic oxidation sites excluding steroid dienone is 1. The molecule has 0 radical (unpaired) electrons. The number of ether oxygens (including phenoxy) is 1. The Labute approximate surface area is 109 Å². The number of rotatable bonds is 5. The van der Waals surface area contributed by atoms with E-state index in [0.29, 0.717) is 5.88 Å². The van der Waals surface area contributed by atoms with Crippen LogP contribution in [0.4, 0.5) is 0 Å². The number of hydrogen-bond acceptors (Lipinski definition) is 3. The van der Waals surface area contributed by atoms with Gasteiger partial charge in [0.2, 0.25) is 5.88 Å². The molecule has 0 bridgehead atoms. The van der Waals surface area contributed by atoms with Gasteiger partial charge in [-0.25, -0.2) is 4.99 Å². The molecule has 0 aliphatic heterocycles. The molecule has 0 saturated heterocycles. The van der Waals surface area contributed by atoms with Crippen LogP contribution in [-0.4, -0.2) is 11.8 Å². The Hall–Kier alpha value is -1.61. The second-order valence-corrected chi connectivity index (χ2v) is 4.93. The predicted molar refractivity (Wildman–Crippen MR) is 77.0 cm³/mol. The zero-order valence-corrected chi connectivity index (χ0v) is 11.6. The lowest BCUT2D eigenvalue weighted by molar-refractivity contribution is 0.420. The average Bonchev–Trinajstić information content (AvgIpc) is 2.29. The van der Waals surface area contributed by atoms with Gasteiger partial charge in [-0.1, -0.05) is 12.1 Å². The lowest BCUT2D eigenvalue weighted by Gasteiger charge is -2.18. The van der Waals surface area contributed by atoms with E-state index in [-0.39, 0.29) is 5.54 Å². The monoisotopic (exact) mass is 246 g/mol. The van der Waals surface area contributed by atoms with Crippen molar-refractivity contribution < 1.29 is 4.74 Å². The molecule has 0 saturated carbocycles. The highest BCUT2D eigenvalue weighted by Gasteiger charge is 2.11. The van der Waals surface area contributed by atoms with Gasteiger partial charge in [-0.05, 0) is 57.9 Å². The lowest BCUT2D eigenvalue weighted by atomic mass is 9.96. The molecule has 18 heavy (non-hydrogen) atoms. The summed E-state index contributed by atoms with van der Waals surface area (Å²) in [5.41, 5.74) is 7.00. The summed E-state index contributed by atoms with van der Waals surface area (Å²) in [5, 5.41) is 0. The summed E-state index contributed by atoms with van der Waals surface area (Å²) in [6, 6.07) is 7.95. The summed E-state index contributed by atoms with van der Waals surface area (Å²) in [6.45, 7) is 7.80. The zero-order valence-electron chi connectivity index (χ0n) is 11.6. The standard InChI is InChI=1S/C15H22N2O/c1-5-14(17-6-2)18-13-9-7-12(8-10-13)11-15(3,4)16/h5-10H,11,16H2,1-4H3/b14-5+,17-6-. The van der Waals surface area contributed by atoms with Gasteiger partial charge in [0, 0.05) is 11.8 Å². The average molecular weight is 246 g/mol. The van der Waals surface area contributed by atoms with Crippen molar-refractivity contribution >= 4 is 6.21 Å². The number of nitrogens with two attached hydrogens (primary N) is 1. The second-order valence-electron chi connectivity index (χ2n) is 4.93. The summed E-state index contributed by atoms with van der Waals surface area (Å²) in [7, 11) is 0. The zero-order chi connectivity index (χ0) is 13.6. The van der Waals surface area contributed by atoms with Crippen LogP contribution in [0.15, 0.2) is 41.2 Å². The van der Waals surface area contributed by atoms with Gasteiger partial charge in [0.25, 0.3) is 0 Å². The van der Waals surface area contributed by atoms with Crippen LogP contribution in [0.5, 0.6) is 5.75 Å². The van der Waals surface area contributed by atoms with Crippen LogP contribution in [0.1, 0.15) is 33.3 Å². The van der Waals surface area contributed by atoms with Gasteiger partial charge in [-0.2, -0.15) is 0 Å². The van der Waals surface area contributed by atoms with E-state index < -0.39 is 0 Å².